The molecular formula is C15H14Cl2N4O2. The Morgan fingerprint density at radius 1 is 1.30 bits per heavy atom. The molecule has 1 aliphatic rings. The third-order valence-electron chi connectivity index (χ3n) is 3.49. The van der Waals surface area contributed by atoms with Crippen molar-refractivity contribution in [3.63, 3.8) is 0 Å². The molecule has 0 spiro atoms. The number of carbonyl (C=O) groups excluding carboxylic acids is 1. The molecule has 1 N–H and O–H groups in total. The van der Waals surface area contributed by atoms with E-state index in [1.165, 1.54) is 6.33 Å². The lowest BCUT2D eigenvalue weighted by molar-refractivity contribution is -0.0135. The van der Waals surface area contributed by atoms with Crippen molar-refractivity contribution in [2.45, 2.75) is 6.10 Å². The van der Waals surface area contributed by atoms with Gasteiger partial charge < -0.3 is 9.64 Å². The molecule has 0 aliphatic carbocycles. The molecular weight excluding hydrogens is 339 g/mol. The molecule has 1 aliphatic heterocycles. The van der Waals surface area contributed by atoms with Crippen molar-refractivity contribution in [3.8, 4) is 0 Å². The fourth-order valence-electron chi connectivity index (χ4n) is 2.30. The smallest absolute Gasteiger partial charge is 0.323 e. The highest BCUT2D eigenvalue weighted by molar-refractivity contribution is 6.42. The van der Waals surface area contributed by atoms with Crippen LogP contribution in [0.1, 0.15) is 11.7 Å². The summed E-state index contributed by atoms with van der Waals surface area (Å²) in [5, 5.41) is 3.70. The molecule has 23 heavy (non-hydrogen) atoms. The number of halogens is 2. The van der Waals surface area contributed by atoms with Crippen LogP contribution in [-0.2, 0) is 4.74 Å². The Kier molecular flexibility index (Phi) is 4.95. The number of nitrogens with zero attached hydrogens (tertiary/aromatic N) is 3. The van der Waals surface area contributed by atoms with Gasteiger partial charge in [-0.3, -0.25) is 5.32 Å². The van der Waals surface area contributed by atoms with Crippen LogP contribution in [-0.4, -0.2) is 40.6 Å². The second kappa shape index (κ2) is 7.12. The van der Waals surface area contributed by atoms with E-state index in [-0.39, 0.29) is 12.1 Å². The first-order chi connectivity index (χ1) is 11.1. The molecule has 1 unspecified atom stereocenters. The van der Waals surface area contributed by atoms with E-state index in [0.29, 0.717) is 35.6 Å². The molecule has 2 amide bonds. The average Bonchev–Trinajstić information content (AvgIpc) is 2.58. The molecule has 1 aromatic carbocycles. The third kappa shape index (κ3) is 3.90. The summed E-state index contributed by atoms with van der Waals surface area (Å²) in [6.07, 6.45) is 2.71. The van der Waals surface area contributed by atoms with E-state index in [1.807, 2.05) is 6.07 Å². The molecule has 0 radical (unpaired) electrons. The maximum atomic E-state index is 12.3. The van der Waals surface area contributed by atoms with E-state index < -0.39 is 0 Å². The molecule has 2 aromatic rings. The first-order valence-corrected chi connectivity index (χ1v) is 7.77. The Labute approximate surface area is 143 Å². The number of ether oxygens (including phenoxy) is 1. The van der Waals surface area contributed by atoms with E-state index in [0.717, 1.165) is 5.56 Å². The second-order valence-electron chi connectivity index (χ2n) is 5.00. The zero-order valence-corrected chi connectivity index (χ0v) is 13.6. The predicted octanol–water partition coefficient (Wildman–Crippen LogP) is 3.39. The molecule has 6 nitrogen and oxygen atoms in total. The van der Waals surface area contributed by atoms with Gasteiger partial charge in [0.1, 0.15) is 18.2 Å². The number of anilines is 1. The summed E-state index contributed by atoms with van der Waals surface area (Å²) in [5.74, 6) is 0.461. The standard InChI is InChI=1S/C15H14Cl2N4O2/c16-11-2-1-10(7-12(11)17)13-8-21(5-6-23-13)15(22)20-14-3-4-18-9-19-14/h1-4,7,9,13H,5-6,8H2,(H,18,19,20,22). The fourth-order valence-corrected chi connectivity index (χ4v) is 2.61. The first-order valence-electron chi connectivity index (χ1n) is 7.02. The highest BCUT2D eigenvalue weighted by Gasteiger charge is 2.26. The number of hydrogen-bond donors (Lipinski definition) is 1. The molecule has 8 heteroatoms. The number of benzene rings is 1. The molecule has 120 valence electrons. The van der Waals surface area contributed by atoms with Crippen molar-refractivity contribution in [2.75, 3.05) is 25.0 Å². The normalized spacial score (nSPS) is 17.8. The van der Waals surface area contributed by atoms with Crippen molar-refractivity contribution in [1.82, 2.24) is 14.9 Å². The van der Waals surface area contributed by atoms with Crippen LogP contribution in [0.3, 0.4) is 0 Å². The van der Waals surface area contributed by atoms with Gasteiger partial charge in [0.2, 0.25) is 0 Å². The minimum absolute atomic E-state index is 0.225. The van der Waals surface area contributed by atoms with Crippen LogP contribution in [0.4, 0.5) is 10.6 Å². The van der Waals surface area contributed by atoms with Gasteiger partial charge in [-0.05, 0) is 23.8 Å². The Bertz CT molecular complexity index is 699. The van der Waals surface area contributed by atoms with E-state index in [9.17, 15) is 4.79 Å². The minimum atomic E-state index is -0.241. The molecule has 3 rings (SSSR count). The fraction of sp³-hybridized carbons (Fsp3) is 0.267. The van der Waals surface area contributed by atoms with Gasteiger partial charge >= 0.3 is 6.03 Å². The highest BCUT2D eigenvalue weighted by atomic mass is 35.5. The van der Waals surface area contributed by atoms with Crippen molar-refractivity contribution in [2.24, 2.45) is 0 Å². The largest absolute Gasteiger partial charge is 0.370 e. The van der Waals surface area contributed by atoms with Gasteiger partial charge in [0.05, 0.1) is 23.2 Å². The number of nitrogens with one attached hydrogen (secondary N) is 1. The zero-order chi connectivity index (χ0) is 16.2. The van der Waals surface area contributed by atoms with Crippen LogP contribution in [0.5, 0.6) is 0 Å². The van der Waals surface area contributed by atoms with Crippen molar-refractivity contribution < 1.29 is 9.53 Å². The summed E-state index contributed by atoms with van der Waals surface area (Å²) >= 11 is 12.0. The minimum Gasteiger partial charge on any atom is -0.370 e. The predicted molar refractivity (Wildman–Crippen MR) is 87.8 cm³/mol. The van der Waals surface area contributed by atoms with E-state index in [4.69, 9.17) is 27.9 Å². The molecule has 2 heterocycles. The number of rotatable bonds is 2. The van der Waals surface area contributed by atoms with Crippen molar-refractivity contribution in [1.29, 1.82) is 0 Å². The quantitative estimate of drug-likeness (QED) is 0.899. The monoisotopic (exact) mass is 352 g/mol. The van der Waals surface area contributed by atoms with E-state index in [1.54, 1.807) is 29.3 Å². The maximum absolute atomic E-state index is 12.3. The summed E-state index contributed by atoms with van der Waals surface area (Å²) in [5.41, 5.74) is 0.888. The van der Waals surface area contributed by atoms with Crippen LogP contribution >= 0.6 is 23.2 Å². The van der Waals surface area contributed by atoms with Crippen LogP contribution in [0, 0.1) is 0 Å². The lowest BCUT2D eigenvalue weighted by Crippen LogP contribution is -2.44. The number of carbonyl (C=O) groups is 1. The SMILES string of the molecule is O=C(Nc1ccncn1)N1CCOC(c2ccc(Cl)c(Cl)c2)C1. The highest BCUT2D eigenvalue weighted by Crippen LogP contribution is 2.29. The van der Waals surface area contributed by atoms with Crippen LogP contribution < -0.4 is 5.32 Å². The van der Waals surface area contributed by atoms with Gasteiger partial charge in [0.15, 0.2) is 0 Å². The number of urea groups is 1. The number of hydrogen-bond acceptors (Lipinski definition) is 4. The van der Waals surface area contributed by atoms with E-state index >= 15 is 0 Å². The van der Waals surface area contributed by atoms with Crippen molar-refractivity contribution in [3.05, 3.63) is 52.4 Å². The molecule has 1 aromatic heterocycles. The summed E-state index contributed by atoms with van der Waals surface area (Å²) in [6.45, 7) is 1.38. The molecule has 0 saturated carbocycles. The number of amides is 2. The lowest BCUT2D eigenvalue weighted by atomic mass is 10.1. The number of aromatic nitrogens is 2. The molecule has 0 bridgehead atoms. The van der Waals surface area contributed by atoms with Gasteiger partial charge in [0, 0.05) is 12.7 Å². The first kappa shape index (κ1) is 16.0. The van der Waals surface area contributed by atoms with Gasteiger partial charge in [0.25, 0.3) is 0 Å². The molecule has 1 saturated heterocycles. The Hall–Kier alpha value is -1.89. The van der Waals surface area contributed by atoms with Crippen LogP contribution in [0.2, 0.25) is 10.0 Å². The Balaban J connectivity index is 1.68. The summed E-state index contributed by atoms with van der Waals surface area (Å²) < 4.78 is 5.74. The van der Waals surface area contributed by atoms with Gasteiger partial charge in [-0.15, -0.1) is 0 Å². The van der Waals surface area contributed by atoms with E-state index in [2.05, 4.69) is 15.3 Å². The van der Waals surface area contributed by atoms with Gasteiger partial charge in [-0.25, -0.2) is 14.8 Å². The summed E-state index contributed by atoms with van der Waals surface area (Å²) in [4.78, 5) is 21.8. The third-order valence-corrected chi connectivity index (χ3v) is 4.23. The van der Waals surface area contributed by atoms with Crippen LogP contribution in [0.15, 0.2) is 36.8 Å². The summed E-state index contributed by atoms with van der Waals surface area (Å²) in [7, 11) is 0. The maximum Gasteiger partial charge on any atom is 0.323 e. The lowest BCUT2D eigenvalue weighted by Gasteiger charge is -2.33. The van der Waals surface area contributed by atoms with Gasteiger partial charge in [-0.1, -0.05) is 29.3 Å². The average molecular weight is 353 g/mol. The topological polar surface area (TPSA) is 67.4 Å². The molecule has 1 fully saturated rings. The Morgan fingerprint density at radius 2 is 2.17 bits per heavy atom. The van der Waals surface area contributed by atoms with Crippen LogP contribution in [0.25, 0.3) is 0 Å². The van der Waals surface area contributed by atoms with Gasteiger partial charge in [-0.2, -0.15) is 0 Å². The number of morpholine rings is 1. The zero-order valence-electron chi connectivity index (χ0n) is 12.1. The second-order valence-corrected chi connectivity index (χ2v) is 5.82. The Morgan fingerprint density at radius 3 is 2.91 bits per heavy atom. The molecule has 1 atom stereocenters. The van der Waals surface area contributed by atoms with Crippen molar-refractivity contribution >= 4 is 35.1 Å². The summed E-state index contributed by atoms with van der Waals surface area (Å²) in [6, 6.07) is 6.75.